The van der Waals surface area contributed by atoms with E-state index in [1.807, 2.05) is 18.2 Å². The third-order valence-corrected chi connectivity index (χ3v) is 4.76. The second-order valence-electron chi connectivity index (χ2n) is 7.18. The second-order valence-corrected chi connectivity index (χ2v) is 7.18. The fourth-order valence-corrected chi connectivity index (χ4v) is 3.11. The molecular weight excluding hydrogens is 491 g/mol. The van der Waals surface area contributed by atoms with Gasteiger partial charge in [-0.15, -0.1) is 24.0 Å². The fraction of sp³-hybridized carbons (Fsp3) is 0.435. The summed E-state index contributed by atoms with van der Waals surface area (Å²) in [5.41, 5.74) is 3.43. The van der Waals surface area contributed by atoms with E-state index in [0.29, 0.717) is 19.8 Å². The zero-order chi connectivity index (χ0) is 20.5. The summed E-state index contributed by atoms with van der Waals surface area (Å²) in [6.07, 6.45) is 0.897. The van der Waals surface area contributed by atoms with Crippen molar-refractivity contribution in [2.24, 2.45) is 4.99 Å². The summed E-state index contributed by atoms with van der Waals surface area (Å²) in [7, 11) is 2.13. The van der Waals surface area contributed by atoms with Gasteiger partial charge in [-0.3, -0.25) is 0 Å². The van der Waals surface area contributed by atoms with E-state index in [4.69, 9.17) is 14.5 Å². The van der Waals surface area contributed by atoms with Crippen LogP contribution in [-0.4, -0.2) is 44.2 Å². The van der Waals surface area contributed by atoms with E-state index in [2.05, 4.69) is 60.7 Å². The Bertz CT molecular complexity index is 829. The molecule has 0 aliphatic carbocycles. The Morgan fingerprint density at radius 1 is 1.03 bits per heavy atom. The molecule has 3 rings (SSSR count). The molecule has 2 aromatic carbocycles. The molecule has 0 spiro atoms. The lowest BCUT2D eigenvalue weighted by atomic mass is 10.1. The molecule has 0 amide bonds. The number of ether oxygens (including phenoxy) is 2. The summed E-state index contributed by atoms with van der Waals surface area (Å²) < 4.78 is 11.5. The summed E-state index contributed by atoms with van der Waals surface area (Å²) in [6.45, 7) is 8.98. The predicted octanol–water partition coefficient (Wildman–Crippen LogP) is 4.50. The molecule has 164 valence electrons. The lowest BCUT2D eigenvalue weighted by Crippen LogP contribution is -2.30. The van der Waals surface area contributed by atoms with Crippen molar-refractivity contribution in [1.29, 1.82) is 0 Å². The van der Waals surface area contributed by atoms with E-state index < -0.39 is 0 Å². The minimum Gasteiger partial charge on any atom is -0.490 e. The molecule has 7 heteroatoms. The number of halogens is 1. The molecule has 2 N–H and O–H groups in total. The Kier molecular flexibility index (Phi) is 10.2. The number of nitrogens with zero attached hydrogens (tertiary/aromatic N) is 2. The summed E-state index contributed by atoms with van der Waals surface area (Å²) in [5, 5.41) is 6.68. The van der Waals surface area contributed by atoms with Crippen LogP contribution in [0.2, 0.25) is 0 Å². The molecule has 1 heterocycles. The first-order valence-electron chi connectivity index (χ1n) is 10.4. The first kappa shape index (κ1) is 24.3. The summed E-state index contributed by atoms with van der Waals surface area (Å²) >= 11 is 0. The van der Waals surface area contributed by atoms with Crippen LogP contribution in [0.25, 0.3) is 0 Å². The molecule has 0 atom stereocenters. The van der Waals surface area contributed by atoms with Gasteiger partial charge in [0.15, 0.2) is 17.5 Å². The van der Waals surface area contributed by atoms with Crippen LogP contribution in [0.5, 0.6) is 11.5 Å². The zero-order valence-corrected chi connectivity index (χ0v) is 20.4. The molecule has 0 aromatic heterocycles. The van der Waals surface area contributed by atoms with E-state index in [1.54, 1.807) is 0 Å². The Morgan fingerprint density at radius 2 is 1.80 bits per heavy atom. The molecule has 30 heavy (non-hydrogen) atoms. The van der Waals surface area contributed by atoms with Gasteiger partial charge in [-0.2, -0.15) is 0 Å². The first-order valence-corrected chi connectivity index (χ1v) is 10.4. The highest BCUT2D eigenvalue weighted by atomic mass is 127. The van der Waals surface area contributed by atoms with Crippen LogP contribution in [0.3, 0.4) is 0 Å². The molecule has 6 nitrogen and oxygen atoms in total. The number of rotatable bonds is 7. The summed E-state index contributed by atoms with van der Waals surface area (Å²) in [6, 6.07) is 14.5. The maximum Gasteiger partial charge on any atom is 0.196 e. The van der Waals surface area contributed by atoms with Crippen molar-refractivity contribution in [3.63, 3.8) is 0 Å². The Hall–Kier alpha value is -2.00. The molecule has 1 aliphatic heterocycles. The average molecular weight is 524 g/mol. The van der Waals surface area contributed by atoms with Gasteiger partial charge in [0.2, 0.25) is 0 Å². The van der Waals surface area contributed by atoms with Crippen molar-refractivity contribution in [2.45, 2.75) is 33.4 Å². The van der Waals surface area contributed by atoms with Crippen LogP contribution in [0.4, 0.5) is 5.69 Å². The minimum absolute atomic E-state index is 0. The maximum atomic E-state index is 5.78. The van der Waals surface area contributed by atoms with Gasteiger partial charge >= 0.3 is 0 Å². The highest BCUT2D eigenvalue weighted by molar-refractivity contribution is 14.0. The molecule has 1 aliphatic rings. The second kappa shape index (κ2) is 12.6. The van der Waals surface area contributed by atoms with Crippen LogP contribution in [0.15, 0.2) is 47.5 Å². The normalized spacial score (nSPS) is 13.4. The number of nitrogens with one attached hydrogen (secondary N) is 2. The van der Waals surface area contributed by atoms with Crippen molar-refractivity contribution < 1.29 is 9.47 Å². The molecule has 0 bridgehead atoms. The smallest absolute Gasteiger partial charge is 0.196 e. The molecule has 0 unspecified atom stereocenters. The Labute approximate surface area is 197 Å². The number of hydrogen-bond acceptors (Lipinski definition) is 4. The predicted molar refractivity (Wildman–Crippen MR) is 134 cm³/mol. The first-order chi connectivity index (χ1) is 14.2. The third-order valence-electron chi connectivity index (χ3n) is 4.76. The average Bonchev–Trinajstić information content (AvgIpc) is 2.97. The summed E-state index contributed by atoms with van der Waals surface area (Å²) in [4.78, 5) is 7.05. The number of benzene rings is 2. The quantitative estimate of drug-likeness (QED) is 0.318. The van der Waals surface area contributed by atoms with E-state index in [0.717, 1.165) is 49.2 Å². The van der Waals surface area contributed by atoms with Crippen molar-refractivity contribution in [2.75, 3.05) is 38.7 Å². The number of anilines is 1. The molecule has 2 aromatic rings. The van der Waals surface area contributed by atoms with Gasteiger partial charge in [0.1, 0.15) is 0 Å². The van der Waals surface area contributed by atoms with Gasteiger partial charge in [0.25, 0.3) is 0 Å². The van der Waals surface area contributed by atoms with E-state index >= 15 is 0 Å². The number of aliphatic imine (C=N–C) groups is 1. The highest BCUT2D eigenvalue weighted by Crippen LogP contribution is 2.32. The van der Waals surface area contributed by atoms with Gasteiger partial charge in [0, 0.05) is 31.3 Å². The topological polar surface area (TPSA) is 58.1 Å². The molecule has 0 radical (unpaired) electrons. The largest absolute Gasteiger partial charge is 0.490 e. The van der Waals surface area contributed by atoms with Gasteiger partial charge < -0.3 is 25.0 Å². The third kappa shape index (κ3) is 7.36. The van der Waals surface area contributed by atoms with Gasteiger partial charge in [-0.25, -0.2) is 4.99 Å². The van der Waals surface area contributed by atoms with Gasteiger partial charge in [-0.1, -0.05) is 31.2 Å². The molecular formula is C23H33IN4O2. The van der Waals surface area contributed by atoms with Crippen LogP contribution >= 0.6 is 24.0 Å². The van der Waals surface area contributed by atoms with Gasteiger partial charge in [0.05, 0.1) is 19.8 Å². The molecule has 0 fully saturated rings. The SMILES string of the molecule is CCNC(=NCc1cccc(CN(C)CC)c1)Nc1ccc2c(c1)OCCCO2.I. The van der Waals surface area contributed by atoms with E-state index in [-0.39, 0.29) is 24.0 Å². The Balaban J connectivity index is 0.00000320. The van der Waals surface area contributed by atoms with Crippen LogP contribution < -0.4 is 20.1 Å². The molecule has 0 saturated heterocycles. The van der Waals surface area contributed by atoms with Crippen molar-refractivity contribution in [3.8, 4) is 11.5 Å². The van der Waals surface area contributed by atoms with Crippen LogP contribution in [-0.2, 0) is 13.1 Å². The minimum atomic E-state index is 0. The lowest BCUT2D eigenvalue weighted by Gasteiger charge is -2.15. The van der Waals surface area contributed by atoms with Gasteiger partial charge in [-0.05, 0) is 43.8 Å². The van der Waals surface area contributed by atoms with Crippen molar-refractivity contribution >= 4 is 35.6 Å². The standard InChI is InChI=1S/C23H32N4O2.HI/c1-4-24-23(25-16-18-8-6-9-19(14-18)17-27(3)5-2)26-20-10-11-21-22(15-20)29-13-7-12-28-21;/h6,8-11,14-15H,4-5,7,12-13,16-17H2,1-3H3,(H2,24,25,26);1H. The van der Waals surface area contributed by atoms with Crippen molar-refractivity contribution in [3.05, 3.63) is 53.6 Å². The lowest BCUT2D eigenvalue weighted by molar-refractivity contribution is 0.297. The zero-order valence-electron chi connectivity index (χ0n) is 18.1. The van der Waals surface area contributed by atoms with E-state index in [1.165, 1.54) is 11.1 Å². The maximum absolute atomic E-state index is 5.78. The Morgan fingerprint density at radius 3 is 2.57 bits per heavy atom. The highest BCUT2D eigenvalue weighted by Gasteiger charge is 2.11. The number of guanidine groups is 1. The number of hydrogen-bond donors (Lipinski definition) is 2. The van der Waals surface area contributed by atoms with E-state index in [9.17, 15) is 0 Å². The fourth-order valence-electron chi connectivity index (χ4n) is 3.11. The number of fused-ring (bicyclic) bond motifs is 1. The van der Waals surface area contributed by atoms with Crippen LogP contribution in [0, 0.1) is 0 Å². The summed E-state index contributed by atoms with van der Waals surface area (Å²) in [5.74, 6) is 2.32. The van der Waals surface area contributed by atoms with Crippen molar-refractivity contribution in [1.82, 2.24) is 10.2 Å². The molecule has 0 saturated carbocycles. The van der Waals surface area contributed by atoms with Crippen LogP contribution in [0.1, 0.15) is 31.4 Å². The monoisotopic (exact) mass is 524 g/mol.